The van der Waals surface area contributed by atoms with E-state index < -0.39 is 43.8 Å². The molecule has 0 saturated carbocycles. The number of hydrogen-bond donors (Lipinski definition) is 1. The lowest BCUT2D eigenvalue weighted by Gasteiger charge is -2.40. The van der Waals surface area contributed by atoms with Gasteiger partial charge in [-0.3, -0.25) is 14.8 Å². The Balaban J connectivity index is 1.29. The van der Waals surface area contributed by atoms with Crippen LogP contribution < -0.4 is 14.4 Å². The van der Waals surface area contributed by atoms with Crippen molar-refractivity contribution in [2.75, 3.05) is 51.6 Å². The Morgan fingerprint density at radius 3 is 2.44 bits per heavy atom. The number of methoxy groups -OCH3 is 1. The van der Waals surface area contributed by atoms with Crippen LogP contribution in [0.25, 0.3) is 32.9 Å². The number of aromatic nitrogens is 3. The summed E-state index contributed by atoms with van der Waals surface area (Å²) in [6, 6.07) is 8.73. The highest BCUT2D eigenvalue weighted by Gasteiger charge is 2.49. The van der Waals surface area contributed by atoms with Crippen LogP contribution in [0, 0.1) is 17.3 Å². The molecule has 4 aromatic rings. The van der Waals surface area contributed by atoms with Gasteiger partial charge < -0.3 is 24.2 Å². The van der Waals surface area contributed by atoms with Crippen molar-refractivity contribution < 1.29 is 32.9 Å². The molecule has 0 aliphatic carbocycles. The number of piperazine rings is 1. The molecule has 2 aromatic carbocycles. The first kappa shape index (κ1) is 40.9. The maximum absolute atomic E-state index is 17.7. The lowest BCUT2D eigenvalue weighted by molar-refractivity contribution is 0.0512. The first-order valence-electron chi connectivity index (χ1n) is 20.8. The van der Waals surface area contributed by atoms with Crippen LogP contribution in [0.2, 0.25) is 16.6 Å². The maximum Gasteiger partial charge on any atom is 0.408 e. The zero-order chi connectivity index (χ0) is 41.8. The van der Waals surface area contributed by atoms with Crippen LogP contribution in [0.15, 0.2) is 48.7 Å². The molecule has 1 amide bonds. The van der Waals surface area contributed by atoms with Crippen molar-refractivity contribution >= 4 is 41.7 Å². The van der Waals surface area contributed by atoms with Crippen LogP contribution in [0.5, 0.6) is 11.8 Å². The Bertz CT molecular complexity index is 2330. The van der Waals surface area contributed by atoms with E-state index in [9.17, 15) is 14.3 Å². The first-order chi connectivity index (χ1) is 28.3. The summed E-state index contributed by atoms with van der Waals surface area (Å²) in [5, 5.41) is 11.9. The van der Waals surface area contributed by atoms with Crippen LogP contribution in [-0.4, -0.2) is 115 Å². The molecule has 4 atom stereocenters. The number of pyridine rings is 1. The predicted octanol–water partition coefficient (Wildman–Crippen LogP) is 8.60. The molecule has 6 heterocycles. The maximum atomic E-state index is 17.7. The minimum Gasteiger partial charge on any atom is -0.468 e. The van der Waals surface area contributed by atoms with Gasteiger partial charge in [-0.25, -0.2) is 13.6 Å². The van der Waals surface area contributed by atoms with E-state index in [-0.39, 0.29) is 30.6 Å². The molecule has 2 bridgehead atoms. The first-order valence-corrected chi connectivity index (χ1v) is 23.0. The molecule has 4 aliphatic heterocycles. The number of carbonyl (C=O) groups is 1. The molecule has 0 radical (unpaired) electrons. The molecule has 59 heavy (non-hydrogen) atoms. The number of ether oxygens (including phenoxy) is 3. The van der Waals surface area contributed by atoms with E-state index in [1.807, 2.05) is 41.3 Å². The van der Waals surface area contributed by atoms with Crippen molar-refractivity contribution in [3.63, 3.8) is 0 Å². The van der Waals surface area contributed by atoms with Gasteiger partial charge in [0.2, 0.25) is 0 Å². The van der Waals surface area contributed by atoms with Gasteiger partial charge in [-0.1, -0.05) is 71.7 Å². The third kappa shape index (κ3) is 7.18. The normalized spacial score (nSPS) is 22.9. The van der Waals surface area contributed by atoms with E-state index in [1.54, 1.807) is 19.4 Å². The summed E-state index contributed by atoms with van der Waals surface area (Å²) < 4.78 is 50.0. The van der Waals surface area contributed by atoms with E-state index in [0.29, 0.717) is 65.2 Å². The van der Waals surface area contributed by atoms with Crippen LogP contribution in [0.1, 0.15) is 66.4 Å². The molecule has 0 unspecified atom stereocenters. The number of anilines is 1. The van der Waals surface area contributed by atoms with Crippen LogP contribution in [-0.2, 0) is 4.74 Å². The number of carboxylic acid groups (broad SMARTS) is 1. The van der Waals surface area contributed by atoms with Crippen LogP contribution in [0.4, 0.5) is 19.4 Å². The Hall–Kier alpha value is -4.84. The summed E-state index contributed by atoms with van der Waals surface area (Å²) in [5.74, 6) is 3.82. The number of nitrogens with zero attached hydrogens (tertiary/aromatic N) is 6. The fourth-order valence-corrected chi connectivity index (χ4v) is 15.9. The van der Waals surface area contributed by atoms with Gasteiger partial charge in [-0.15, -0.1) is 5.54 Å². The molecule has 0 spiro atoms. The van der Waals surface area contributed by atoms with Gasteiger partial charge in [0.05, 0.1) is 23.0 Å². The van der Waals surface area contributed by atoms with E-state index in [1.165, 1.54) is 4.90 Å². The van der Waals surface area contributed by atoms with E-state index >= 15 is 4.39 Å². The second-order valence-corrected chi connectivity index (χ2v) is 23.1. The highest BCUT2D eigenvalue weighted by molar-refractivity contribution is 6.90. The third-order valence-corrected chi connectivity index (χ3v) is 19.6. The summed E-state index contributed by atoms with van der Waals surface area (Å²) in [5.41, 5.74) is 5.97. The topological polar surface area (TPSA) is 113 Å². The van der Waals surface area contributed by atoms with Crippen molar-refractivity contribution in [3.8, 4) is 34.5 Å². The molecule has 8 rings (SSSR count). The van der Waals surface area contributed by atoms with Crippen molar-refractivity contribution in [2.24, 2.45) is 0 Å². The monoisotopic (exact) mass is 824 g/mol. The predicted molar refractivity (Wildman–Crippen MR) is 228 cm³/mol. The van der Waals surface area contributed by atoms with Crippen LogP contribution >= 0.6 is 0 Å². The summed E-state index contributed by atoms with van der Waals surface area (Å²) in [6.07, 6.45) is 5.51. The van der Waals surface area contributed by atoms with Gasteiger partial charge in [-0.05, 0) is 59.6 Å². The van der Waals surface area contributed by atoms with Crippen LogP contribution in [0.3, 0.4) is 0 Å². The number of benzene rings is 2. The largest absolute Gasteiger partial charge is 0.468 e. The molecule has 1 N–H and O–H groups in total. The van der Waals surface area contributed by atoms with Crippen molar-refractivity contribution in [2.45, 2.75) is 101 Å². The van der Waals surface area contributed by atoms with E-state index in [4.69, 9.17) is 29.2 Å². The summed E-state index contributed by atoms with van der Waals surface area (Å²) in [4.78, 5) is 32.1. The minimum absolute atomic E-state index is 0.00526. The Morgan fingerprint density at radius 1 is 1.03 bits per heavy atom. The number of fused-ring (bicyclic) bond motifs is 5. The molecule has 2 aromatic heterocycles. The smallest absolute Gasteiger partial charge is 0.408 e. The molecule has 3 fully saturated rings. The SMILES string of the molecule is COCOc1cc(-c2ncc3c(N4C[C@H]5C=C[C@@H](C4)N5C(=O)O)nc(OC[C@@]45CCCN4C[C@H](F)C5)nc3c2F)c2c(C#C[Si](C(C)C)(C(C)C)C(C)C)cccc2c1. The zero-order valence-electron chi connectivity index (χ0n) is 35.0. The Kier molecular flexibility index (Phi) is 11.1. The second-order valence-electron chi connectivity index (χ2n) is 17.6. The molecular weight excluding hydrogens is 771 g/mol. The molecular formula is C45H54F2N6O5Si. The second kappa shape index (κ2) is 16.0. The standard InChI is InChI=1S/C45H54F2N6O5Si/c1-27(2)59(28(3)4,29(5)6)17-14-30-10-8-11-31-18-35(58-26-56-7)19-36(38(30)31)40-39(47)41-37(21-48-40)42(51-23-33-12-13-34(24-51)53(33)44(54)55)50-43(49-41)57-25-45-15-9-16-52(45)22-32(46)20-45/h8,10-13,18-19,21,27-29,32-34H,9,15-16,20,22-26H2,1-7H3,(H,54,55)/t32-,33-,34+,45+/m1/s1. The number of halogens is 2. The Labute approximate surface area is 345 Å². The molecule has 312 valence electrons. The minimum atomic E-state index is -2.14. The molecule has 11 nitrogen and oxygen atoms in total. The highest BCUT2D eigenvalue weighted by Crippen LogP contribution is 2.44. The average molecular weight is 825 g/mol. The van der Waals surface area contributed by atoms with Gasteiger partial charge in [0.1, 0.15) is 43.6 Å². The number of alkyl halides is 1. The number of amides is 1. The number of rotatable bonds is 11. The molecule has 3 saturated heterocycles. The van der Waals surface area contributed by atoms with E-state index in [2.05, 4.69) is 57.9 Å². The van der Waals surface area contributed by atoms with Crippen molar-refractivity contribution in [3.05, 3.63) is 60.1 Å². The highest BCUT2D eigenvalue weighted by atomic mass is 28.3. The quantitative estimate of drug-likeness (QED) is 0.0683. The lowest BCUT2D eigenvalue weighted by atomic mass is 9.95. The van der Waals surface area contributed by atoms with Crippen molar-refractivity contribution in [1.29, 1.82) is 0 Å². The number of hydrogen-bond acceptors (Lipinski definition) is 9. The van der Waals surface area contributed by atoms with Crippen molar-refractivity contribution in [1.82, 2.24) is 24.8 Å². The Morgan fingerprint density at radius 2 is 1.76 bits per heavy atom. The molecule has 4 aliphatic rings. The lowest BCUT2D eigenvalue weighted by Crippen LogP contribution is -2.56. The van der Waals surface area contributed by atoms with Gasteiger partial charge in [0, 0.05) is 55.9 Å². The summed E-state index contributed by atoms with van der Waals surface area (Å²) >= 11 is 0. The van der Waals surface area contributed by atoms with E-state index in [0.717, 1.165) is 35.7 Å². The van der Waals surface area contributed by atoms with Gasteiger partial charge in [-0.2, -0.15) is 9.97 Å². The fourth-order valence-electron chi connectivity index (χ4n) is 10.6. The van der Waals surface area contributed by atoms with Gasteiger partial charge in [0.15, 0.2) is 12.6 Å². The van der Waals surface area contributed by atoms with Gasteiger partial charge in [0.25, 0.3) is 0 Å². The summed E-state index contributed by atoms with van der Waals surface area (Å²) in [6.45, 7) is 15.6. The molecule has 14 heteroatoms. The van der Waals surface area contributed by atoms with Gasteiger partial charge >= 0.3 is 12.1 Å². The zero-order valence-corrected chi connectivity index (χ0v) is 36.0. The fraction of sp³-hybridized carbons (Fsp3) is 0.511. The average Bonchev–Trinajstić information content (AvgIpc) is 3.82. The third-order valence-electron chi connectivity index (χ3n) is 13.3. The summed E-state index contributed by atoms with van der Waals surface area (Å²) in [7, 11) is -0.595.